The zero-order valence-corrected chi connectivity index (χ0v) is 13.0. The summed E-state index contributed by atoms with van der Waals surface area (Å²) in [6, 6.07) is 5.71. The number of ketones is 1. The van der Waals surface area contributed by atoms with Crippen LogP contribution in [-0.4, -0.2) is 19.4 Å². The number of carbonyl (C=O) groups is 1. The Bertz CT molecular complexity index is 407. The predicted molar refractivity (Wildman–Crippen MR) is 81.5 cm³/mol. The van der Waals surface area contributed by atoms with Crippen molar-refractivity contribution in [2.24, 2.45) is 5.73 Å². The standard InChI is InChI=1S/C15H22BrNO2/c1-19-14-7-8-15(16)12(11-14)10-13(18)6-4-2-3-5-9-17/h7-8,11H,2-6,9-10,17H2,1H3. The third kappa shape index (κ3) is 6.21. The van der Waals surface area contributed by atoms with E-state index in [0.29, 0.717) is 12.8 Å². The van der Waals surface area contributed by atoms with E-state index in [-0.39, 0.29) is 5.78 Å². The number of hydrogen-bond donors (Lipinski definition) is 1. The van der Waals surface area contributed by atoms with E-state index in [1.54, 1.807) is 7.11 Å². The monoisotopic (exact) mass is 327 g/mol. The first kappa shape index (κ1) is 16.2. The van der Waals surface area contributed by atoms with Gasteiger partial charge >= 0.3 is 0 Å². The SMILES string of the molecule is COc1ccc(Br)c(CC(=O)CCCCCCN)c1. The van der Waals surface area contributed by atoms with Gasteiger partial charge in [0.25, 0.3) is 0 Å². The van der Waals surface area contributed by atoms with Crippen LogP contribution in [0.25, 0.3) is 0 Å². The number of rotatable bonds is 9. The van der Waals surface area contributed by atoms with E-state index in [9.17, 15) is 4.79 Å². The molecule has 0 aliphatic rings. The Morgan fingerprint density at radius 1 is 1.26 bits per heavy atom. The molecule has 0 spiro atoms. The van der Waals surface area contributed by atoms with Gasteiger partial charge in [-0.1, -0.05) is 28.8 Å². The van der Waals surface area contributed by atoms with E-state index in [0.717, 1.165) is 48.0 Å². The van der Waals surface area contributed by atoms with E-state index in [4.69, 9.17) is 10.5 Å². The van der Waals surface area contributed by atoms with Gasteiger partial charge in [-0.2, -0.15) is 0 Å². The summed E-state index contributed by atoms with van der Waals surface area (Å²) in [5.74, 6) is 1.07. The van der Waals surface area contributed by atoms with E-state index >= 15 is 0 Å². The van der Waals surface area contributed by atoms with Gasteiger partial charge in [0, 0.05) is 17.3 Å². The molecule has 0 aliphatic heterocycles. The van der Waals surface area contributed by atoms with Gasteiger partial charge in [0.1, 0.15) is 11.5 Å². The molecule has 0 atom stereocenters. The van der Waals surface area contributed by atoms with Gasteiger partial charge in [-0.05, 0) is 43.1 Å². The van der Waals surface area contributed by atoms with Crippen molar-refractivity contribution in [3.8, 4) is 5.75 Å². The second-order valence-corrected chi connectivity index (χ2v) is 5.48. The summed E-state index contributed by atoms with van der Waals surface area (Å²) in [5, 5.41) is 0. The molecule has 1 rings (SSSR count). The number of nitrogens with two attached hydrogens (primary N) is 1. The summed E-state index contributed by atoms with van der Waals surface area (Å²) in [7, 11) is 1.63. The van der Waals surface area contributed by atoms with Crippen LogP contribution in [0.2, 0.25) is 0 Å². The van der Waals surface area contributed by atoms with Crippen LogP contribution in [0, 0.1) is 0 Å². The van der Waals surface area contributed by atoms with Gasteiger partial charge in [-0.3, -0.25) is 4.79 Å². The van der Waals surface area contributed by atoms with Crippen molar-refractivity contribution in [1.82, 2.24) is 0 Å². The fourth-order valence-electron chi connectivity index (χ4n) is 1.93. The smallest absolute Gasteiger partial charge is 0.137 e. The molecule has 106 valence electrons. The van der Waals surface area contributed by atoms with Crippen molar-refractivity contribution in [2.45, 2.75) is 38.5 Å². The second kappa shape index (κ2) is 9.10. The average Bonchev–Trinajstić information content (AvgIpc) is 2.41. The molecule has 1 aromatic rings. The number of halogens is 1. The molecule has 0 aromatic heterocycles. The van der Waals surface area contributed by atoms with Crippen LogP contribution in [0.3, 0.4) is 0 Å². The van der Waals surface area contributed by atoms with Crippen LogP contribution in [0.15, 0.2) is 22.7 Å². The van der Waals surface area contributed by atoms with Crippen molar-refractivity contribution in [3.05, 3.63) is 28.2 Å². The van der Waals surface area contributed by atoms with E-state index in [1.807, 2.05) is 18.2 Å². The zero-order valence-electron chi connectivity index (χ0n) is 11.5. The van der Waals surface area contributed by atoms with Crippen molar-refractivity contribution < 1.29 is 9.53 Å². The van der Waals surface area contributed by atoms with Crippen LogP contribution < -0.4 is 10.5 Å². The maximum Gasteiger partial charge on any atom is 0.137 e. The van der Waals surface area contributed by atoms with Crippen molar-refractivity contribution in [2.75, 3.05) is 13.7 Å². The zero-order chi connectivity index (χ0) is 14.1. The molecule has 4 heteroatoms. The lowest BCUT2D eigenvalue weighted by Gasteiger charge is -2.07. The van der Waals surface area contributed by atoms with Crippen molar-refractivity contribution in [3.63, 3.8) is 0 Å². The Kier molecular flexibility index (Phi) is 7.75. The molecule has 2 N–H and O–H groups in total. The van der Waals surface area contributed by atoms with Gasteiger partial charge in [-0.15, -0.1) is 0 Å². The first-order chi connectivity index (χ1) is 9.17. The number of carbonyl (C=O) groups excluding carboxylic acids is 1. The lowest BCUT2D eigenvalue weighted by atomic mass is 10.0. The first-order valence-electron chi connectivity index (χ1n) is 6.71. The van der Waals surface area contributed by atoms with Crippen molar-refractivity contribution >= 4 is 21.7 Å². The molecule has 19 heavy (non-hydrogen) atoms. The van der Waals surface area contributed by atoms with Crippen LogP contribution >= 0.6 is 15.9 Å². The lowest BCUT2D eigenvalue weighted by molar-refractivity contribution is -0.118. The van der Waals surface area contributed by atoms with E-state index in [1.165, 1.54) is 0 Å². The first-order valence-corrected chi connectivity index (χ1v) is 7.51. The van der Waals surface area contributed by atoms with Crippen LogP contribution in [0.5, 0.6) is 5.75 Å². The van der Waals surface area contributed by atoms with Crippen LogP contribution in [0.4, 0.5) is 0 Å². The maximum atomic E-state index is 11.9. The van der Waals surface area contributed by atoms with Gasteiger partial charge in [0.05, 0.1) is 7.11 Å². The van der Waals surface area contributed by atoms with Gasteiger partial charge < -0.3 is 10.5 Å². The van der Waals surface area contributed by atoms with Gasteiger partial charge in [0.15, 0.2) is 0 Å². The molecule has 1 aromatic carbocycles. The fraction of sp³-hybridized carbons (Fsp3) is 0.533. The Morgan fingerprint density at radius 3 is 2.68 bits per heavy atom. The summed E-state index contributed by atoms with van der Waals surface area (Å²) in [5.41, 5.74) is 6.42. The summed E-state index contributed by atoms with van der Waals surface area (Å²) in [6.45, 7) is 0.741. The second-order valence-electron chi connectivity index (χ2n) is 4.63. The van der Waals surface area contributed by atoms with Crippen LogP contribution in [-0.2, 0) is 11.2 Å². The summed E-state index contributed by atoms with van der Waals surface area (Å²) in [6.07, 6.45) is 5.33. The number of methoxy groups -OCH3 is 1. The number of benzene rings is 1. The predicted octanol–water partition coefficient (Wildman–Crippen LogP) is 3.48. The largest absolute Gasteiger partial charge is 0.497 e. The Morgan fingerprint density at radius 2 is 2.00 bits per heavy atom. The number of Topliss-reactive ketones (excluding diaryl/α,β-unsaturated/α-hetero) is 1. The summed E-state index contributed by atoms with van der Waals surface area (Å²) < 4.78 is 6.14. The molecule has 0 aliphatic carbocycles. The number of ether oxygens (including phenoxy) is 1. The molecule has 0 unspecified atom stereocenters. The Hall–Kier alpha value is -0.870. The lowest BCUT2D eigenvalue weighted by Crippen LogP contribution is -2.04. The normalized spacial score (nSPS) is 10.5. The molecule has 0 amide bonds. The Labute approximate surface area is 123 Å². The number of unbranched alkanes of at least 4 members (excludes halogenated alkanes) is 3. The molecule has 0 bridgehead atoms. The number of hydrogen-bond acceptors (Lipinski definition) is 3. The quantitative estimate of drug-likeness (QED) is 0.706. The Balaban J connectivity index is 2.39. The summed E-state index contributed by atoms with van der Waals surface area (Å²) in [4.78, 5) is 11.9. The highest BCUT2D eigenvalue weighted by Gasteiger charge is 2.08. The van der Waals surface area contributed by atoms with E-state index in [2.05, 4.69) is 15.9 Å². The molecule has 0 heterocycles. The average molecular weight is 328 g/mol. The molecule has 0 saturated heterocycles. The van der Waals surface area contributed by atoms with Crippen LogP contribution in [0.1, 0.15) is 37.7 Å². The van der Waals surface area contributed by atoms with Gasteiger partial charge in [-0.25, -0.2) is 0 Å². The molecule has 0 radical (unpaired) electrons. The minimum absolute atomic E-state index is 0.279. The highest BCUT2D eigenvalue weighted by molar-refractivity contribution is 9.10. The third-order valence-corrected chi connectivity index (χ3v) is 3.82. The fourth-order valence-corrected chi connectivity index (χ4v) is 2.32. The molecule has 3 nitrogen and oxygen atoms in total. The van der Waals surface area contributed by atoms with E-state index < -0.39 is 0 Å². The minimum Gasteiger partial charge on any atom is -0.497 e. The molecule has 0 saturated carbocycles. The molecular formula is C15H22BrNO2. The highest BCUT2D eigenvalue weighted by Crippen LogP contribution is 2.23. The van der Waals surface area contributed by atoms with Gasteiger partial charge in [0.2, 0.25) is 0 Å². The van der Waals surface area contributed by atoms with Crippen molar-refractivity contribution in [1.29, 1.82) is 0 Å². The molecule has 0 fully saturated rings. The third-order valence-electron chi connectivity index (χ3n) is 3.05. The minimum atomic E-state index is 0.279. The summed E-state index contributed by atoms with van der Waals surface area (Å²) >= 11 is 3.47. The highest BCUT2D eigenvalue weighted by atomic mass is 79.9. The topological polar surface area (TPSA) is 52.3 Å². The maximum absolute atomic E-state index is 11.9. The molecular weight excluding hydrogens is 306 g/mol.